The minimum atomic E-state index is -4.49. The van der Waals surface area contributed by atoms with E-state index >= 15 is 0 Å². The summed E-state index contributed by atoms with van der Waals surface area (Å²) in [5.74, 6) is -0.178. The SMILES string of the molecule is CCOc1ccc(-c2cc3[nH]cnc3c(C)n2)cc1C(F)(F)F. The van der Waals surface area contributed by atoms with E-state index in [-0.39, 0.29) is 12.4 Å². The number of halogens is 3. The molecule has 1 aromatic carbocycles. The molecule has 0 unspecified atom stereocenters. The van der Waals surface area contributed by atoms with Crippen LogP contribution in [0.25, 0.3) is 22.3 Å². The molecule has 0 fully saturated rings. The van der Waals surface area contributed by atoms with E-state index < -0.39 is 11.7 Å². The molecule has 3 rings (SSSR count). The number of imidazole rings is 1. The average molecular weight is 321 g/mol. The van der Waals surface area contributed by atoms with Crippen molar-refractivity contribution in [1.82, 2.24) is 15.0 Å². The van der Waals surface area contributed by atoms with Crippen LogP contribution in [-0.4, -0.2) is 21.6 Å². The number of benzene rings is 1. The number of aromatic amines is 1. The van der Waals surface area contributed by atoms with Gasteiger partial charge in [0.2, 0.25) is 0 Å². The number of pyridine rings is 1. The number of hydrogen-bond donors (Lipinski definition) is 1. The Balaban J connectivity index is 2.15. The molecule has 120 valence electrons. The highest BCUT2D eigenvalue weighted by atomic mass is 19.4. The summed E-state index contributed by atoms with van der Waals surface area (Å²) in [5, 5.41) is 0. The number of aryl methyl sites for hydroxylation is 1. The number of alkyl halides is 3. The summed E-state index contributed by atoms with van der Waals surface area (Å²) in [7, 11) is 0. The van der Waals surface area contributed by atoms with Crippen LogP contribution in [-0.2, 0) is 6.18 Å². The first-order valence-electron chi connectivity index (χ1n) is 7.05. The Bertz CT molecular complexity index is 855. The smallest absolute Gasteiger partial charge is 0.419 e. The third-order valence-corrected chi connectivity index (χ3v) is 3.46. The van der Waals surface area contributed by atoms with Crippen molar-refractivity contribution in [3.8, 4) is 17.0 Å². The van der Waals surface area contributed by atoms with Crippen molar-refractivity contribution in [1.29, 1.82) is 0 Å². The molecule has 0 atom stereocenters. The highest BCUT2D eigenvalue weighted by molar-refractivity contribution is 5.81. The fourth-order valence-corrected chi connectivity index (χ4v) is 2.45. The molecule has 0 aliphatic carbocycles. The van der Waals surface area contributed by atoms with Gasteiger partial charge in [-0.05, 0) is 38.1 Å². The zero-order chi connectivity index (χ0) is 16.6. The molecular weight excluding hydrogens is 307 g/mol. The van der Waals surface area contributed by atoms with Gasteiger partial charge in [-0.1, -0.05) is 0 Å². The summed E-state index contributed by atoms with van der Waals surface area (Å²) < 4.78 is 44.8. The zero-order valence-electron chi connectivity index (χ0n) is 12.5. The average Bonchev–Trinajstić information content (AvgIpc) is 2.96. The first kappa shape index (κ1) is 15.3. The molecule has 0 bridgehead atoms. The van der Waals surface area contributed by atoms with Gasteiger partial charge in [-0.3, -0.25) is 4.98 Å². The largest absolute Gasteiger partial charge is 0.493 e. The molecule has 3 aromatic rings. The van der Waals surface area contributed by atoms with Crippen LogP contribution in [0.15, 0.2) is 30.6 Å². The first-order chi connectivity index (χ1) is 10.9. The molecule has 0 spiro atoms. The van der Waals surface area contributed by atoms with E-state index in [9.17, 15) is 13.2 Å². The van der Waals surface area contributed by atoms with Gasteiger partial charge in [0.25, 0.3) is 0 Å². The minimum absolute atomic E-state index is 0.167. The number of fused-ring (bicyclic) bond motifs is 1. The Labute approximate surface area is 130 Å². The van der Waals surface area contributed by atoms with Gasteiger partial charge in [0, 0.05) is 5.56 Å². The summed E-state index contributed by atoms with van der Waals surface area (Å²) >= 11 is 0. The molecule has 4 nitrogen and oxygen atoms in total. The molecular formula is C16H14F3N3O. The third kappa shape index (κ3) is 2.86. The second kappa shape index (κ2) is 5.57. The van der Waals surface area contributed by atoms with Gasteiger partial charge >= 0.3 is 6.18 Å². The molecule has 0 aliphatic heterocycles. The van der Waals surface area contributed by atoms with E-state index in [4.69, 9.17) is 4.74 Å². The maximum atomic E-state index is 13.2. The number of nitrogens with zero attached hydrogens (tertiary/aromatic N) is 2. The minimum Gasteiger partial charge on any atom is -0.493 e. The molecule has 0 saturated heterocycles. The second-order valence-electron chi connectivity index (χ2n) is 5.03. The van der Waals surface area contributed by atoms with E-state index in [0.717, 1.165) is 11.6 Å². The van der Waals surface area contributed by atoms with Crippen LogP contribution in [0, 0.1) is 6.92 Å². The van der Waals surface area contributed by atoms with Crippen LogP contribution in [0.5, 0.6) is 5.75 Å². The standard InChI is InChI=1S/C16H14F3N3O/c1-3-23-14-5-4-10(6-11(14)16(17,18)19)12-7-13-15(9(2)22-12)21-8-20-13/h4-8H,3H2,1-2H3,(H,20,21). The Kier molecular flexibility index (Phi) is 3.71. The van der Waals surface area contributed by atoms with Gasteiger partial charge in [0.05, 0.1) is 35.4 Å². The van der Waals surface area contributed by atoms with Gasteiger partial charge < -0.3 is 9.72 Å². The molecule has 1 N–H and O–H groups in total. The zero-order valence-corrected chi connectivity index (χ0v) is 12.5. The van der Waals surface area contributed by atoms with E-state index in [1.165, 1.54) is 12.4 Å². The third-order valence-electron chi connectivity index (χ3n) is 3.46. The number of ether oxygens (including phenoxy) is 1. The van der Waals surface area contributed by atoms with Gasteiger partial charge in [0.15, 0.2) is 0 Å². The molecule has 23 heavy (non-hydrogen) atoms. The van der Waals surface area contributed by atoms with Crippen molar-refractivity contribution >= 4 is 11.0 Å². The summed E-state index contributed by atoms with van der Waals surface area (Å²) in [6.45, 7) is 3.58. The van der Waals surface area contributed by atoms with E-state index in [0.29, 0.717) is 22.5 Å². The lowest BCUT2D eigenvalue weighted by Gasteiger charge is -2.14. The number of aromatic nitrogens is 3. The molecule has 2 heterocycles. The first-order valence-corrected chi connectivity index (χ1v) is 7.05. The van der Waals surface area contributed by atoms with Crippen molar-refractivity contribution < 1.29 is 17.9 Å². The maximum absolute atomic E-state index is 13.2. The highest BCUT2D eigenvalue weighted by Gasteiger charge is 2.34. The Hall–Kier alpha value is -2.57. The van der Waals surface area contributed by atoms with Crippen LogP contribution in [0.3, 0.4) is 0 Å². The second-order valence-corrected chi connectivity index (χ2v) is 5.03. The number of hydrogen-bond acceptors (Lipinski definition) is 3. The summed E-state index contributed by atoms with van der Waals surface area (Å²) in [6.07, 6.45) is -2.96. The van der Waals surface area contributed by atoms with Crippen molar-refractivity contribution in [2.45, 2.75) is 20.0 Å². The van der Waals surface area contributed by atoms with Gasteiger partial charge in [-0.25, -0.2) is 4.98 Å². The highest BCUT2D eigenvalue weighted by Crippen LogP contribution is 2.38. The Morgan fingerprint density at radius 2 is 2.00 bits per heavy atom. The number of H-pyrrole nitrogens is 1. The monoisotopic (exact) mass is 321 g/mol. The van der Waals surface area contributed by atoms with Crippen LogP contribution >= 0.6 is 0 Å². The topological polar surface area (TPSA) is 50.8 Å². The lowest BCUT2D eigenvalue weighted by atomic mass is 10.1. The fourth-order valence-electron chi connectivity index (χ4n) is 2.45. The van der Waals surface area contributed by atoms with E-state index in [1.807, 2.05) is 0 Å². The number of nitrogens with one attached hydrogen (secondary N) is 1. The molecule has 2 aromatic heterocycles. The van der Waals surface area contributed by atoms with Crippen LogP contribution < -0.4 is 4.74 Å². The van der Waals surface area contributed by atoms with Crippen LogP contribution in [0.4, 0.5) is 13.2 Å². The maximum Gasteiger partial charge on any atom is 0.419 e. The summed E-state index contributed by atoms with van der Waals surface area (Å²) in [5.41, 5.74) is 2.11. The molecule has 0 amide bonds. The van der Waals surface area contributed by atoms with Gasteiger partial charge in [-0.2, -0.15) is 13.2 Å². The molecule has 7 heteroatoms. The fraction of sp³-hybridized carbons (Fsp3) is 0.250. The normalized spacial score (nSPS) is 11.9. The van der Waals surface area contributed by atoms with Gasteiger partial charge in [-0.15, -0.1) is 0 Å². The van der Waals surface area contributed by atoms with Crippen LogP contribution in [0.1, 0.15) is 18.2 Å². The van der Waals surface area contributed by atoms with Crippen molar-refractivity contribution in [3.05, 3.63) is 41.9 Å². The predicted molar refractivity (Wildman–Crippen MR) is 80.2 cm³/mol. The Morgan fingerprint density at radius 3 is 2.70 bits per heavy atom. The summed E-state index contributed by atoms with van der Waals surface area (Å²) in [4.78, 5) is 11.4. The van der Waals surface area contributed by atoms with E-state index in [1.54, 1.807) is 26.0 Å². The lowest BCUT2D eigenvalue weighted by Crippen LogP contribution is -2.09. The van der Waals surface area contributed by atoms with Gasteiger partial charge in [0.1, 0.15) is 11.3 Å². The van der Waals surface area contributed by atoms with Crippen molar-refractivity contribution in [3.63, 3.8) is 0 Å². The molecule has 0 saturated carbocycles. The molecule has 0 radical (unpaired) electrons. The number of rotatable bonds is 3. The van der Waals surface area contributed by atoms with E-state index in [2.05, 4.69) is 15.0 Å². The Morgan fingerprint density at radius 1 is 1.22 bits per heavy atom. The summed E-state index contributed by atoms with van der Waals surface area (Å²) in [6, 6.07) is 5.65. The quantitative estimate of drug-likeness (QED) is 0.780. The van der Waals surface area contributed by atoms with Crippen LogP contribution in [0.2, 0.25) is 0 Å². The molecule has 0 aliphatic rings. The predicted octanol–water partition coefficient (Wildman–Crippen LogP) is 4.35. The van der Waals surface area contributed by atoms with Crippen molar-refractivity contribution in [2.75, 3.05) is 6.61 Å². The van der Waals surface area contributed by atoms with Crippen molar-refractivity contribution in [2.24, 2.45) is 0 Å². The lowest BCUT2D eigenvalue weighted by molar-refractivity contribution is -0.138.